The van der Waals surface area contributed by atoms with Crippen LogP contribution in [0.3, 0.4) is 0 Å². The molecule has 7 nitrogen and oxygen atoms in total. The molecule has 0 N–H and O–H groups in total. The highest BCUT2D eigenvalue weighted by molar-refractivity contribution is 7.89. The first-order valence-electron chi connectivity index (χ1n) is 6.70. The predicted molar refractivity (Wildman–Crippen MR) is 84.7 cm³/mol. The maximum atomic E-state index is 12.0. The average molecular weight is 336 g/mol. The van der Waals surface area contributed by atoms with Gasteiger partial charge in [-0.25, -0.2) is 12.7 Å². The average Bonchev–Trinajstić information content (AvgIpc) is 2.53. The number of nitro groups is 1. The lowest BCUT2D eigenvalue weighted by Gasteiger charge is -2.12. The third-order valence-corrected chi connectivity index (χ3v) is 5.01. The van der Waals surface area contributed by atoms with Crippen molar-refractivity contribution in [3.8, 4) is 5.75 Å². The Bertz CT molecular complexity index is 801. The van der Waals surface area contributed by atoms with Crippen molar-refractivity contribution < 1.29 is 18.1 Å². The number of rotatable bonds is 6. The van der Waals surface area contributed by atoms with E-state index in [-0.39, 0.29) is 17.2 Å². The summed E-state index contributed by atoms with van der Waals surface area (Å²) >= 11 is 0. The fraction of sp³-hybridized carbons (Fsp3) is 0.200. The molecule has 0 aliphatic heterocycles. The van der Waals surface area contributed by atoms with E-state index < -0.39 is 14.9 Å². The standard InChI is InChI=1S/C15H16N2O5S/c1-16(2)23(20,21)14-9-7-13(8-10-14)22-11-12-5-3-4-6-15(12)17(18)19/h3-10H,11H2,1-2H3. The number of nitrogens with zero attached hydrogens (tertiary/aromatic N) is 2. The molecule has 0 spiro atoms. The van der Waals surface area contributed by atoms with Crippen molar-refractivity contribution in [2.24, 2.45) is 0 Å². The highest BCUT2D eigenvalue weighted by Gasteiger charge is 2.17. The lowest BCUT2D eigenvalue weighted by Crippen LogP contribution is -2.22. The van der Waals surface area contributed by atoms with Crippen molar-refractivity contribution in [2.75, 3.05) is 14.1 Å². The zero-order valence-corrected chi connectivity index (χ0v) is 13.5. The summed E-state index contributed by atoms with van der Waals surface area (Å²) in [6.07, 6.45) is 0. The van der Waals surface area contributed by atoms with Crippen LogP contribution in [0.4, 0.5) is 5.69 Å². The molecule has 0 aliphatic carbocycles. The van der Waals surface area contributed by atoms with Crippen LogP contribution in [0.15, 0.2) is 53.4 Å². The number of nitro benzene ring substituents is 1. The molecule has 122 valence electrons. The first-order chi connectivity index (χ1) is 10.8. The largest absolute Gasteiger partial charge is 0.489 e. The molecule has 2 aromatic rings. The van der Waals surface area contributed by atoms with Crippen molar-refractivity contribution in [2.45, 2.75) is 11.5 Å². The van der Waals surface area contributed by atoms with Gasteiger partial charge in [0.05, 0.1) is 15.4 Å². The van der Waals surface area contributed by atoms with E-state index in [1.54, 1.807) is 18.2 Å². The van der Waals surface area contributed by atoms with Gasteiger partial charge < -0.3 is 4.74 Å². The summed E-state index contributed by atoms with van der Waals surface area (Å²) in [4.78, 5) is 10.6. The van der Waals surface area contributed by atoms with E-state index in [2.05, 4.69) is 0 Å². The van der Waals surface area contributed by atoms with Crippen LogP contribution in [0, 0.1) is 10.1 Å². The maximum Gasteiger partial charge on any atom is 0.276 e. The third kappa shape index (κ3) is 3.85. The maximum absolute atomic E-state index is 12.0. The second kappa shape index (κ2) is 6.76. The molecule has 0 radical (unpaired) electrons. The Morgan fingerprint density at radius 2 is 1.70 bits per heavy atom. The number of hydrogen-bond donors (Lipinski definition) is 0. The Morgan fingerprint density at radius 3 is 2.26 bits per heavy atom. The summed E-state index contributed by atoms with van der Waals surface area (Å²) in [5.74, 6) is 0.431. The summed E-state index contributed by atoms with van der Waals surface area (Å²) in [7, 11) is -0.585. The summed E-state index contributed by atoms with van der Waals surface area (Å²) in [6, 6.07) is 12.2. The Labute approximate surface area is 134 Å². The molecular weight excluding hydrogens is 320 g/mol. The first-order valence-corrected chi connectivity index (χ1v) is 8.14. The van der Waals surface area contributed by atoms with E-state index in [4.69, 9.17) is 4.74 Å². The van der Waals surface area contributed by atoms with Gasteiger partial charge in [0.15, 0.2) is 0 Å². The Kier molecular flexibility index (Phi) is 4.97. The molecule has 2 aromatic carbocycles. The summed E-state index contributed by atoms with van der Waals surface area (Å²) in [5.41, 5.74) is 0.432. The van der Waals surface area contributed by atoms with E-state index in [0.29, 0.717) is 11.3 Å². The number of para-hydroxylation sites is 1. The molecule has 0 aliphatic rings. The van der Waals surface area contributed by atoms with E-state index in [1.807, 2.05) is 0 Å². The van der Waals surface area contributed by atoms with Crippen LogP contribution in [0.25, 0.3) is 0 Å². The summed E-state index contributed by atoms with van der Waals surface area (Å²) in [6.45, 7) is 0.0247. The minimum Gasteiger partial charge on any atom is -0.489 e. The predicted octanol–water partition coefficient (Wildman–Crippen LogP) is 2.42. The number of ether oxygens (including phenoxy) is 1. The van der Waals surface area contributed by atoms with Crippen molar-refractivity contribution in [3.05, 3.63) is 64.2 Å². The smallest absolute Gasteiger partial charge is 0.276 e. The van der Waals surface area contributed by atoms with E-state index >= 15 is 0 Å². The van der Waals surface area contributed by atoms with Crippen LogP contribution >= 0.6 is 0 Å². The van der Waals surface area contributed by atoms with Gasteiger partial charge in [-0.2, -0.15) is 0 Å². The SMILES string of the molecule is CN(C)S(=O)(=O)c1ccc(OCc2ccccc2[N+](=O)[O-])cc1. The molecule has 0 heterocycles. The molecule has 0 fully saturated rings. The molecule has 0 aromatic heterocycles. The number of hydrogen-bond acceptors (Lipinski definition) is 5. The van der Waals surface area contributed by atoms with Gasteiger partial charge in [-0.1, -0.05) is 12.1 Å². The highest BCUT2D eigenvalue weighted by atomic mass is 32.2. The number of sulfonamides is 1. The minimum absolute atomic E-state index is 0.0145. The van der Waals surface area contributed by atoms with Crippen molar-refractivity contribution in [1.82, 2.24) is 4.31 Å². The lowest BCUT2D eigenvalue weighted by molar-refractivity contribution is -0.385. The van der Waals surface area contributed by atoms with Gasteiger partial charge in [-0.3, -0.25) is 10.1 Å². The molecule has 0 saturated carbocycles. The van der Waals surface area contributed by atoms with Crippen LogP contribution in [0.1, 0.15) is 5.56 Å². The monoisotopic (exact) mass is 336 g/mol. The molecule has 0 bridgehead atoms. The lowest BCUT2D eigenvalue weighted by atomic mass is 10.2. The molecule has 23 heavy (non-hydrogen) atoms. The van der Waals surface area contributed by atoms with Crippen molar-refractivity contribution in [3.63, 3.8) is 0 Å². The van der Waals surface area contributed by atoms with Gasteiger partial charge in [0.2, 0.25) is 10.0 Å². The van der Waals surface area contributed by atoms with Gasteiger partial charge in [0.1, 0.15) is 12.4 Å². The van der Waals surface area contributed by atoms with Gasteiger partial charge in [0.25, 0.3) is 5.69 Å². The van der Waals surface area contributed by atoms with Gasteiger partial charge in [0, 0.05) is 20.2 Å². The zero-order valence-electron chi connectivity index (χ0n) is 12.7. The van der Waals surface area contributed by atoms with Gasteiger partial charge >= 0.3 is 0 Å². The second-order valence-electron chi connectivity index (χ2n) is 4.93. The van der Waals surface area contributed by atoms with Gasteiger partial charge in [-0.05, 0) is 30.3 Å². The minimum atomic E-state index is -3.49. The third-order valence-electron chi connectivity index (χ3n) is 3.18. The van der Waals surface area contributed by atoms with Crippen LogP contribution in [-0.2, 0) is 16.6 Å². The summed E-state index contributed by atoms with van der Waals surface area (Å²) in [5, 5.41) is 10.9. The molecule has 0 saturated heterocycles. The molecule has 0 amide bonds. The Hall–Kier alpha value is -2.45. The van der Waals surface area contributed by atoms with Crippen LogP contribution < -0.4 is 4.74 Å². The van der Waals surface area contributed by atoms with Crippen molar-refractivity contribution >= 4 is 15.7 Å². The second-order valence-corrected chi connectivity index (χ2v) is 7.09. The fourth-order valence-corrected chi connectivity index (χ4v) is 2.79. The zero-order chi connectivity index (χ0) is 17.0. The Balaban J connectivity index is 2.13. The molecule has 0 atom stereocenters. The number of benzene rings is 2. The topological polar surface area (TPSA) is 89.8 Å². The van der Waals surface area contributed by atoms with Crippen LogP contribution in [0.5, 0.6) is 5.75 Å². The molecular formula is C15H16N2O5S. The van der Waals surface area contributed by atoms with Gasteiger partial charge in [-0.15, -0.1) is 0 Å². The molecule has 0 unspecified atom stereocenters. The van der Waals surface area contributed by atoms with E-state index in [0.717, 1.165) is 4.31 Å². The summed E-state index contributed by atoms with van der Waals surface area (Å²) < 4.78 is 30.5. The van der Waals surface area contributed by atoms with Crippen LogP contribution in [0.2, 0.25) is 0 Å². The quantitative estimate of drug-likeness (QED) is 0.597. The van der Waals surface area contributed by atoms with E-state index in [1.165, 1.54) is 44.4 Å². The Morgan fingerprint density at radius 1 is 1.09 bits per heavy atom. The van der Waals surface area contributed by atoms with Crippen LogP contribution in [-0.4, -0.2) is 31.7 Å². The fourth-order valence-electron chi connectivity index (χ4n) is 1.89. The highest BCUT2D eigenvalue weighted by Crippen LogP contribution is 2.22. The normalized spacial score (nSPS) is 11.4. The molecule has 8 heteroatoms. The molecule has 2 rings (SSSR count). The van der Waals surface area contributed by atoms with Crippen molar-refractivity contribution in [1.29, 1.82) is 0 Å². The first kappa shape index (κ1) is 16.9. The van der Waals surface area contributed by atoms with E-state index in [9.17, 15) is 18.5 Å².